The van der Waals surface area contributed by atoms with E-state index in [2.05, 4.69) is 6.92 Å². The molecule has 0 saturated heterocycles. The Morgan fingerprint density at radius 3 is 1.41 bits per heavy atom. The Labute approximate surface area is 139 Å². The van der Waals surface area contributed by atoms with Crippen molar-refractivity contribution in [3.05, 3.63) is 0 Å². The number of unbranched alkanes of at least 4 members (excludes halogenated alkanes) is 10. The molecule has 0 saturated carbocycles. The van der Waals surface area contributed by atoms with Gasteiger partial charge in [0.05, 0.1) is 0 Å². The minimum Gasteiger partial charge on any atom is -0.396 e. The zero-order chi connectivity index (χ0) is 16.3. The van der Waals surface area contributed by atoms with E-state index in [0.29, 0.717) is 13.2 Å². The summed E-state index contributed by atoms with van der Waals surface area (Å²) >= 11 is 0. The molecule has 0 heterocycles. The van der Waals surface area contributed by atoms with E-state index in [-0.39, 0.29) is 0 Å². The second-order valence-electron chi connectivity index (χ2n) is 6.92. The van der Waals surface area contributed by atoms with Crippen molar-refractivity contribution in [2.24, 2.45) is 5.92 Å². The standard InChI is InChI=1S/C20H42O2/c1-2-3-4-5-8-11-15-20(17-14-19-22)16-12-9-6-7-10-13-18-21/h20-22H,2-19H2,1H3. The maximum absolute atomic E-state index is 9.06. The Morgan fingerprint density at radius 2 is 0.909 bits per heavy atom. The zero-order valence-electron chi connectivity index (χ0n) is 15.2. The fraction of sp³-hybridized carbons (Fsp3) is 1.00. The highest BCUT2D eigenvalue weighted by Crippen LogP contribution is 2.23. The number of hydrogen-bond acceptors (Lipinski definition) is 2. The van der Waals surface area contributed by atoms with Crippen LogP contribution in [0, 0.1) is 5.92 Å². The minimum absolute atomic E-state index is 0.349. The fourth-order valence-electron chi connectivity index (χ4n) is 3.28. The summed E-state index contributed by atoms with van der Waals surface area (Å²) in [6.07, 6.45) is 20.7. The van der Waals surface area contributed by atoms with Crippen LogP contribution in [-0.2, 0) is 0 Å². The van der Waals surface area contributed by atoms with Crippen molar-refractivity contribution in [3.63, 3.8) is 0 Å². The van der Waals surface area contributed by atoms with Crippen molar-refractivity contribution >= 4 is 0 Å². The van der Waals surface area contributed by atoms with Crippen LogP contribution in [0.2, 0.25) is 0 Å². The van der Waals surface area contributed by atoms with Gasteiger partial charge >= 0.3 is 0 Å². The summed E-state index contributed by atoms with van der Waals surface area (Å²) in [4.78, 5) is 0. The Bertz CT molecular complexity index is 194. The average molecular weight is 315 g/mol. The quantitative estimate of drug-likeness (QED) is 0.312. The lowest BCUT2D eigenvalue weighted by Gasteiger charge is -2.16. The van der Waals surface area contributed by atoms with Crippen molar-refractivity contribution in [2.75, 3.05) is 13.2 Å². The Morgan fingerprint density at radius 1 is 0.500 bits per heavy atom. The van der Waals surface area contributed by atoms with Crippen LogP contribution in [-0.4, -0.2) is 23.4 Å². The van der Waals surface area contributed by atoms with E-state index >= 15 is 0 Å². The van der Waals surface area contributed by atoms with Gasteiger partial charge in [0.2, 0.25) is 0 Å². The van der Waals surface area contributed by atoms with E-state index in [9.17, 15) is 0 Å². The van der Waals surface area contributed by atoms with Crippen LogP contribution >= 0.6 is 0 Å². The molecule has 0 aliphatic carbocycles. The van der Waals surface area contributed by atoms with Crippen molar-refractivity contribution < 1.29 is 10.2 Å². The molecule has 0 aliphatic rings. The van der Waals surface area contributed by atoms with Gasteiger partial charge in [0, 0.05) is 13.2 Å². The summed E-state index contributed by atoms with van der Waals surface area (Å²) in [6, 6.07) is 0. The van der Waals surface area contributed by atoms with E-state index in [1.54, 1.807) is 0 Å². The smallest absolute Gasteiger partial charge is 0.0431 e. The van der Waals surface area contributed by atoms with Crippen LogP contribution < -0.4 is 0 Å². The first-order valence-corrected chi connectivity index (χ1v) is 10.1. The van der Waals surface area contributed by atoms with E-state index < -0.39 is 0 Å². The van der Waals surface area contributed by atoms with Crippen molar-refractivity contribution in [1.82, 2.24) is 0 Å². The fourth-order valence-corrected chi connectivity index (χ4v) is 3.28. The molecule has 0 radical (unpaired) electrons. The average Bonchev–Trinajstić information content (AvgIpc) is 2.54. The molecule has 0 aliphatic heterocycles. The van der Waals surface area contributed by atoms with Crippen molar-refractivity contribution in [1.29, 1.82) is 0 Å². The molecule has 0 aromatic rings. The number of aliphatic hydroxyl groups excluding tert-OH is 2. The van der Waals surface area contributed by atoms with Gasteiger partial charge in [-0.25, -0.2) is 0 Å². The van der Waals surface area contributed by atoms with Gasteiger partial charge in [0.25, 0.3) is 0 Å². The monoisotopic (exact) mass is 314 g/mol. The third kappa shape index (κ3) is 16.3. The third-order valence-corrected chi connectivity index (χ3v) is 4.76. The van der Waals surface area contributed by atoms with E-state index in [0.717, 1.165) is 18.8 Å². The van der Waals surface area contributed by atoms with Crippen molar-refractivity contribution in [2.45, 2.75) is 110 Å². The molecule has 0 fully saturated rings. The topological polar surface area (TPSA) is 40.5 Å². The molecule has 0 bridgehead atoms. The predicted molar refractivity (Wildman–Crippen MR) is 97.2 cm³/mol. The molecule has 22 heavy (non-hydrogen) atoms. The first kappa shape index (κ1) is 21.9. The maximum atomic E-state index is 9.06. The minimum atomic E-state index is 0.349. The highest BCUT2D eigenvalue weighted by atomic mass is 16.3. The Balaban J connectivity index is 3.56. The largest absolute Gasteiger partial charge is 0.396 e. The van der Waals surface area contributed by atoms with Crippen LogP contribution in [0.25, 0.3) is 0 Å². The Kier molecular flexibility index (Phi) is 18.9. The molecule has 0 rings (SSSR count). The van der Waals surface area contributed by atoms with E-state index in [1.807, 2.05) is 0 Å². The van der Waals surface area contributed by atoms with Gasteiger partial charge in [-0.1, -0.05) is 90.4 Å². The SMILES string of the molecule is CCCCCCCCC(CCCO)CCCCCCCCO. The van der Waals surface area contributed by atoms with Crippen LogP contribution in [0.15, 0.2) is 0 Å². The van der Waals surface area contributed by atoms with E-state index in [1.165, 1.54) is 89.9 Å². The Hall–Kier alpha value is -0.0800. The highest BCUT2D eigenvalue weighted by molar-refractivity contribution is 4.61. The second-order valence-corrected chi connectivity index (χ2v) is 6.92. The summed E-state index contributed by atoms with van der Waals surface area (Å²) in [7, 11) is 0. The summed E-state index contributed by atoms with van der Waals surface area (Å²) in [5.41, 5.74) is 0. The number of aliphatic hydroxyl groups is 2. The van der Waals surface area contributed by atoms with E-state index in [4.69, 9.17) is 10.2 Å². The number of hydrogen-bond donors (Lipinski definition) is 2. The normalized spacial score (nSPS) is 12.7. The summed E-state index contributed by atoms with van der Waals surface area (Å²) in [5, 5.41) is 17.8. The molecule has 0 spiro atoms. The molecule has 2 N–H and O–H groups in total. The second kappa shape index (κ2) is 19.0. The van der Waals surface area contributed by atoms with Crippen LogP contribution in [0.4, 0.5) is 0 Å². The lowest BCUT2D eigenvalue weighted by atomic mass is 9.90. The van der Waals surface area contributed by atoms with Crippen LogP contribution in [0.5, 0.6) is 0 Å². The van der Waals surface area contributed by atoms with Gasteiger partial charge in [-0.15, -0.1) is 0 Å². The first-order valence-electron chi connectivity index (χ1n) is 10.1. The van der Waals surface area contributed by atoms with Gasteiger partial charge in [-0.2, -0.15) is 0 Å². The highest BCUT2D eigenvalue weighted by Gasteiger charge is 2.08. The summed E-state index contributed by atoms with van der Waals surface area (Å²) < 4.78 is 0. The first-order chi connectivity index (χ1) is 10.8. The molecule has 0 amide bonds. The molecular weight excluding hydrogens is 272 g/mol. The van der Waals surface area contributed by atoms with Gasteiger partial charge < -0.3 is 10.2 Å². The van der Waals surface area contributed by atoms with Gasteiger partial charge in [-0.3, -0.25) is 0 Å². The summed E-state index contributed by atoms with van der Waals surface area (Å²) in [5.74, 6) is 0.843. The van der Waals surface area contributed by atoms with Gasteiger partial charge in [-0.05, 0) is 25.2 Å². The van der Waals surface area contributed by atoms with Crippen LogP contribution in [0.3, 0.4) is 0 Å². The molecule has 2 heteroatoms. The predicted octanol–water partition coefficient (Wildman–Crippen LogP) is 5.85. The maximum Gasteiger partial charge on any atom is 0.0431 e. The zero-order valence-corrected chi connectivity index (χ0v) is 15.2. The third-order valence-electron chi connectivity index (χ3n) is 4.76. The molecule has 0 aromatic heterocycles. The molecule has 1 atom stereocenters. The lowest BCUT2D eigenvalue weighted by Crippen LogP contribution is -2.02. The van der Waals surface area contributed by atoms with Crippen LogP contribution in [0.1, 0.15) is 110 Å². The molecule has 2 nitrogen and oxygen atoms in total. The van der Waals surface area contributed by atoms with Crippen molar-refractivity contribution in [3.8, 4) is 0 Å². The summed E-state index contributed by atoms with van der Waals surface area (Å²) in [6.45, 7) is 2.98. The lowest BCUT2D eigenvalue weighted by molar-refractivity contribution is 0.261. The van der Waals surface area contributed by atoms with Gasteiger partial charge in [0.1, 0.15) is 0 Å². The molecule has 134 valence electrons. The molecule has 0 aromatic carbocycles. The molecular formula is C20H42O2. The molecule has 1 unspecified atom stereocenters. The van der Waals surface area contributed by atoms with Gasteiger partial charge in [0.15, 0.2) is 0 Å². The number of rotatable bonds is 18.